The molecule has 110 valence electrons. The van der Waals surface area contributed by atoms with E-state index in [1.54, 1.807) is 11.3 Å². The Morgan fingerprint density at radius 3 is 1.95 bits per heavy atom. The molecule has 0 aliphatic heterocycles. The highest BCUT2D eigenvalue weighted by Crippen LogP contribution is 2.33. The van der Waals surface area contributed by atoms with E-state index in [2.05, 4.69) is 25.3 Å². The van der Waals surface area contributed by atoms with Gasteiger partial charge in [0.25, 0.3) is 0 Å². The minimum atomic E-state index is 0.748. The standard InChI is InChI=1S/C17H29ClS/c1-3-5-7-9-11-15(12-10-8-6-4-2)16-13-17(18)19-14-16/h13-15H,3-12H2,1-2H3. The highest BCUT2D eigenvalue weighted by Gasteiger charge is 2.12. The van der Waals surface area contributed by atoms with E-state index in [0.29, 0.717) is 0 Å². The molecule has 0 nitrogen and oxygen atoms in total. The molecule has 0 aliphatic carbocycles. The average Bonchev–Trinajstić information content (AvgIpc) is 2.83. The van der Waals surface area contributed by atoms with Crippen LogP contribution in [0.5, 0.6) is 0 Å². The Morgan fingerprint density at radius 2 is 1.53 bits per heavy atom. The van der Waals surface area contributed by atoms with Crippen LogP contribution in [0.25, 0.3) is 0 Å². The van der Waals surface area contributed by atoms with Gasteiger partial charge < -0.3 is 0 Å². The molecule has 0 aliphatic rings. The van der Waals surface area contributed by atoms with Crippen molar-refractivity contribution >= 4 is 22.9 Å². The highest BCUT2D eigenvalue weighted by molar-refractivity contribution is 7.14. The van der Waals surface area contributed by atoms with E-state index in [-0.39, 0.29) is 0 Å². The van der Waals surface area contributed by atoms with E-state index >= 15 is 0 Å². The molecule has 0 fully saturated rings. The Labute approximate surface area is 128 Å². The molecule has 1 aromatic rings. The van der Waals surface area contributed by atoms with Crippen molar-refractivity contribution < 1.29 is 0 Å². The smallest absolute Gasteiger partial charge is 0.0931 e. The van der Waals surface area contributed by atoms with Gasteiger partial charge in [0.15, 0.2) is 0 Å². The number of hydrogen-bond donors (Lipinski definition) is 0. The molecule has 0 aromatic carbocycles. The van der Waals surface area contributed by atoms with Crippen LogP contribution in [0.4, 0.5) is 0 Å². The summed E-state index contributed by atoms with van der Waals surface area (Å²) in [4.78, 5) is 0. The van der Waals surface area contributed by atoms with Crippen molar-refractivity contribution in [3.05, 3.63) is 21.3 Å². The minimum absolute atomic E-state index is 0.748. The van der Waals surface area contributed by atoms with Gasteiger partial charge in [0.1, 0.15) is 0 Å². The molecule has 0 saturated carbocycles. The van der Waals surface area contributed by atoms with Crippen LogP contribution in [0.2, 0.25) is 4.34 Å². The van der Waals surface area contributed by atoms with Gasteiger partial charge in [0.2, 0.25) is 0 Å². The lowest BCUT2D eigenvalue weighted by Crippen LogP contribution is -1.98. The summed E-state index contributed by atoms with van der Waals surface area (Å²) in [5, 5.41) is 2.27. The summed E-state index contributed by atoms with van der Waals surface area (Å²) in [5.74, 6) is 0.748. The molecule has 0 N–H and O–H groups in total. The number of thiophene rings is 1. The van der Waals surface area contributed by atoms with Crippen molar-refractivity contribution in [2.75, 3.05) is 0 Å². The zero-order valence-electron chi connectivity index (χ0n) is 12.6. The molecule has 2 heteroatoms. The Kier molecular flexibility index (Phi) is 9.63. The first kappa shape index (κ1) is 17.0. The first-order valence-corrected chi connectivity index (χ1v) is 9.27. The maximum absolute atomic E-state index is 6.09. The summed E-state index contributed by atoms with van der Waals surface area (Å²) in [6.45, 7) is 4.56. The van der Waals surface area contributed by atoms with Crippen LogP contribution in [0.1, 0.15) is 89.5 Å². The van der Waals surface area contributed by atoms with Crippen LogP contribution in [0.3, 0.4) is 0 Å². The summed E-state index contributed by atoms with van der Waals surface area (Å²) >= 11 is 7.78. The maximum Gasteiger partial charge on any atom is 0.0931 e. The van der Waals surface area contributed by atoms with Crippen molar-refractivity contribution in [2.45, 2.75) is 84.0 Å². The Morgan fingerprint density at radius 1 is 0.947 bits per heavy atom. The zero-order valence-corrected chi connectivity index (χ0v) is 14.2. The lowest BCUT2D eigenvalue weighted by Gasteiger charge is -2.15. The molecule has 0 saturated heterocycles. The number of rotatable bonds is 11. The molecule has 0 amide bonds. The predicted molar refractivity (Wildman–Crippen MR) is 89.6 cm³/mol. The van der Waals surface area contributed by atoms with E-state index in [9.17, 15) is 0 Å². The van der Waals surface area contributed by atoms with E-state index in [1.165, 1.54) is 69.8 Å². The summed E-state index contributed by atoms with van der Waals surface area (Å²) in [6, 6.07) is 2.19. The largest absolute Gasteiger partial charge is 0.132 e. The Hall–Kier alpha value is -0.0100. The number of halogens is 1. The van der Waals surface area contributed by atoms with Crippen molar-refractivity contribution in [2.24, 2.45) is 0 Å². The van der Waals surface area contributed by atoms with E-state index < -0.39 is 0 Å². The molecule has 0 bridgehead atoms. The summed E-state index contributed by atoms with van der Waals surface area (Å²) in [7, 11) is 0. The second-order valence-electron chi connectivity index (χ2n) is 5.58. The first-order valence-electron chi connectivity index (χ1n) is 8.01. The third kappa shape index (κ3) is 7.37. The monoisotopic (exact) mass is 300 g/mol. The Bertz CT molecular complexity index is 307. The summed E-state index contributed by atoms with van der Waals surface area (Å²) in [6.07, 6.45) is 13.6. The molecule has 1 aromatic heterocycles. The van der Waals surface area contributed by atoms with E-state index in [4.69, 9.17) is 11.6 Å². The fourth-order valence-corrected chi connectivity index (χ4v) is 3.62. The van der Waals surface area contributed by atoms with Crippen LogP contribution in [0, 0.1) is 0 Å². The lowest BCUT2D eigenvalue weighted by atomic mass is 9.90. The first-order chi connectivity index (χ1) is 9.27. The molecule has 1 rings (SSSR count). The normalized spacial score (nSPS) is 11.4. The van der Waals surface area contributed by atoms with Gasteiger partial charge in [-0.2, -0.15) is 0 Å². The van der Waals surface area contributed by atoms with Crippen LogP contribution < -0.4 is 0 Å². The molecule has 0 radical (unpaired) electrons. The van der Waals surface area contributed by atoms with Gasteiger partial charge in [-0.15, -0.1) is 11.3 Å². The molecule has 0 atom stereocenters. The third-order valence-electron chi connectivity index (χ3n) is 3.87. The van der Waals surface area contributed by atoms with E-state index in [0.717, 1.165) is 10.3 Å². The minimum Gasteiger partial charge on any atom is -0.132 e. The van der Waals surface area contributed by atoms with Crippen molar-refractivity contribution in [1.29, 1.82) is 0 Å². The zero-order chi connectivity index (χ0) is 13.9. The molecule has 0 unspecified atom stereocenters. The second-order valence-corrected chi connectivity index (χ2v) is 7.12. The van der Waals surface area contributed by atoms with Gasteiger partial charge in [-0.05, 0) is 35.8 Å². The van der Waals surface area contributed by atoms with Crippen molar-refractivity contribution in [3.63, 3.8) is 0 Å². The summed E-state index contributed by atoms with van der Waals surface area (Å²) < 4.78 is 0.946. The highest BCUT2D eigenvalue weighted by atomic mass is 35.5. The van der Waals surface area contributed by atoms with Gasteiger partial charge >= 0.3 is 0 Å². The van der Waals surface area contributed by atoms with Gasteiger partial charge in [0, 0.05) is 0 Å². The maximum atomic E-state index is 6.09. The molecular formula is C17H29ClS. The fourth-order valence-electron chi connectivity index (χ4n) is 2.65. The second kappa shape index (κ2) is 10.7. The van der Waals surface area contributed by atoms with Crippen LogP contribution in [-0.4, -0.2) is 0 Å². The topological polar surface area (TPSA) is 0 Å². The van der Waals surface area contributed by atoms with Crippen molar-refractivity contribution in [1.82, 2.24) is 0 Å². The molecule has 19 heavy (non-hydrogen) atoms. The van der Waals surface area contributed by atoms with Gasteiger partial charge in [0.05, 0.1) is 4.34 Å². The van der Waals surface area contributed by atoms with Crippen LogP contribution >= 0.6 is 22.9 Å². The number of hydrogen-bond acceptors (Lipinski definition) is 1. The molecular weight excluding hydrogens is 272 g/mol. The average molecular weight is 301 g/mol. The fraction of sp³-hybridized carbons (Fsp3) is 0.765. The number of unbranched alkanes of at least 4 members (excludes halogenated alkanes) is 6. The van der Waals surface area contributed by atoms with Gasteiger partial charge in [-0.3, -0.25) is 0 Å². The third-order valence-corrected chi connectivity index (χ3v) is 4.98. The summed E-state index contributed by atoms with van der Waals surface area (Å²) in [5.41, 5.74) is 1.49. The van der Waals surface area contributed by atoms with Crippen LogP contribution in [-0.2, 0) is 0 Å². The Balaban J connectivity index is 2.38. The quantitative estimate of drug-likeness (QED) is 0.373. The van der Waals surface area contributed by atoms with Gasteiger partial charge in [-0.1, -0.05) is 76.8 Å². The molecule has 0 spiro atoms. The van der Waals surface area contributed by atoms with Crippen LogP contribution in [0.15, 0.2) is 11.4 Å². The predicted octanol–water partition coefficient (Wildman–Crippen LogP) is 7.43. The SMILES string of the molecule is CCCCCCC(CCCCCC)c1csc(Cl)c1. The van der Waals surface area contributed by atoms with Gasteiger partial charge in [-0.25, -0.2) is 0 Å². The lowest BCUT2D eigenvalue weighted by molar-refractivity contribution is 0.497. The molecule has 1 heterocycles. The van der Waals surface area contributed by atoms with Crippen molar-refractivity contribution in [3.8, 4) is 0 Å². The van der Waals surface area contributed by atoms with E-state index in [1.807, 2.05) is 0 Å².